The molecule has 1 N–H and O–H groups in total. The molecule has 0 aliphatic heterocycles. The third-order valence-electron chi connectivity index (χ3n) is 4.63. The second-order valence-electron chi connectivity index (χ2n) is 7.07. The predicted molar refractivity (Wildman–Crippen MR) is 111 cm³/mol. The molecule has 180 valence electrons. The average Bonchev–Trinajstić information content (AvgIpc) is 3.48. The number of anilines is 1. The zero-order valence-electron chi connectivity index (χ0n) is 17.3. The summed E-state index contributed by atoms with van der Waals surface area (Å²) in [5, 5.41) is 13.3. The highest BCUT2D eigenvalue weighted by atomic mass is 19.4. The molecule has 2 aromatic carbocycles. The van der Waals surface area contributed by atoms with Crippen molar-refractivity contribution in [1.29, 1.82) is 0 Å². The number of aromatic nitrogens is 4. The normalized spacial score (nSPS) is 12.6. The van der Waals surface area contributed by atoms with Gasteiger partial charge in [0.2, 0.25) is 0 Å². The second-order valence-corrected chi connectivity index (χ2v) is 7.07. The number of rotatable bonds is 5. The average molecular weight is 493 g/mol. The molecule has 0 aliphatic rings. The van der Waals surface area contributed by atoms with E-state index in [0.717, 1.165) is 4.68 Å². The van der Waals surface area contributed by atoms with Crippen LogP contribution in [0.25, 0.3) is 23.2 Å². The molecule has 0 saturated carbocycles. The van der Waals surface area contributed by atoms with Gasteiger partial charge in [-0.1, -0.05) is 30.3 Å². The topological polar surface area (TPSA) is 85.8 Å². The molecule has 0 aliphatic carbocycles. The van der Waals surface area contributed by atoms with Crippen LogP contribution in [-0.4, -0.2) is 26.1 Å². The van der Waals surface area contributed by atoms with E-state index >= 15 is 0 Å². The smallest absolute Gasteiger partial charge is 0.416 e. The fourth-order valence-electron chi connectivity index (χ4n) is 3.07. The number of hydrogen-bond acceptors (Lipinski definition) is 5. The third kappa shape index (κ3) is 5.39. The number of halogens is 6. The maximum Gasteiger partial charge on any atom is 0.416 e. The van der Waals surface area contributed by atoms with Crippen LogP contribution in [-0.2, 0) is 17.1 Å². The Kier molecular flexibility index (Phi) is 6.16. The summed E-state index contributed by atoms with van der Waals surface area (Å²) < 4.78 is 85.5. The molecule has 13 heteroatoms. The summed E-state index contributed by atoms with van der Waals surface area (Å²) in [6.45, 7) is 0. The minimum Gasteiger partial charge on any atom is -0.465 e. The Balaban J connectivity index is 1.78. The van der Waals surface area contributed by atoms with Gasteiger partial charge in [-0.2, -0.15) is 31.0 Å². The molecule has 4 aromatic rings. The molecule has 4 rings (SSSR count). The van der Waals surface area contributed by atoms with E-state index in [-0.39, 0.29) is 23.3 Å². The number of benzene rings is 2. The number of tetrazole rings is 1. The van der Waals surface area contributed by atoms with E-state index in [9.17, 15) is 31.1 Å². The number of alkyl halides is 6. The van der Waals surface area contributed by atoms with Gasteiger partial charge in [0, 0.05) is 17.3 Å². The molecule has 2 heterocycles. The summed E-state index contributed by atoms with van der Waals surface area (Å²) in [5.41, 5.74) is -3.71. The van der Waals surface area contributed by atoms with Crippen LogP contribution in [0.2, 0.25) is 0 Å². The Bertz CT molecular complexity index is 1330. The van der Waals surface area contributed by atoms with Crippen molar-refractivity contribution in [2.24, 2.45) is 0 Å². The summed E-state index contributed by atoms with van der Waals surface area (Å²) in [6.07, 6.45) is -7.66. The van der Waals surface area contributed by atoms with Crippen molar-refractivity contribution < 1.29 is 35.6 Å². The first-order valence-electron chi connectivity index (χ1n) is 9.72. The molecule has 0 bridgehead atoms. The number of furan rings is 1. The lowest BCUT2D eigenvalue weighted by Crippen LogP contribution is -2.20. The van der Waals surface area contributed by atoms with Crippen LogP contribution in [0.1, 0.15) is 16.9 Å². The van der Waals surface area contributed by atoms with Crippen molar-refractivity contribution in [1.82, 2.24) is 20.2 Å². The van der Waals surface area contributed by atoms with E-state index in [1.54, 1.807) is 30.3 Å². The van der Waals surface area contributed by atoms with Crippen LogP contribution in [0.3, 0.4) is 0 Å². The molecule has 0 unspecified atom stereocenters. The van der Waals surface area contributed by atoms with Crippen molar-refractivity contribution in [2.75, 3.05) is 5.32 Å². The van der Waals surface area contributed by atoms with Crippen molar-refractivity contribution in [3.63, 3.8) is 0 Å². The van der Waals surface area contributed by atoms with Crippen molar-refractivity contribution >= 4 is 23.4 Å². The largest absolute Gasteiger partial charge is 0.465 e. The molecule has 7 nitrogen and oxygen atoms in total. The molecule has 0 atom stereocenters. The van der Waals surface area contributed by atoms with Crippen LogP contribution in [0.4, 0.5) is 32.0 Å². The molecule has 2 aromatic heterocycles. The van der Waals surface area contributed by atoms with E-state index in [2.05, 4.69) is 20.8 Å². The first-order valence-corrected chi connectivity index (χ1v) is 9.72. The minimum absolute atomic E-state index is 0.0376. The van der Waals surface area contributed by atoms with Crippen LogP contribution < -0.4 is 5.32 Å². The number of hydrogen-bond donors (Lipinski definition) is 1. The standard InChI is InChI=1S/C22H13F6N5O2/c23-21(24,25)14-9-15(22(26,27)28)11-16(10-14)29-20(34)18(12-17-7-4-8-35-17)33-19(30-31-32-33)13-5-2-1-3-6-13/h1-12H,(H,29,34)/b18-12+. The van der Waals surface area contributed by atoms with Gasteiger partial charge in [-0.3, -0.25) is 4.79 Å². The third-order valence-corrected chi connectivity index (χ3v) is 4.63. The first kappa shape index (κ1) is 23.7. The van der Waals surface area contributed by atoms with E-state index in [1.807, 2.05) is 0 Å². The Labute approximate surface area is 192 Å². The lowest BCUT2D eigenvalue weighted by atomic mass is 10.1. The summed E-state index contributed by atoms with van der Waals surface area (Å²) in [5.74, 6) is -0.832. The number of carbonyl (C=O) groups is 1. The van der Waals surface area contributed by atoms with E-state index in [4.69, 9.17) is 4.42 Å². The highest BCUT2D eigenvalue weighted by Crippen LogP contribution is 2.37. The summed E-state index contributed by atoms with van der Waals surface area (Å²) in [4.78, 5) is 13.1. The zero-order valence-corrected chi connectivity index (χ0v) is 17.3. The summed E-state index contributed by atoms with van der Waals surface area (Å²) >= 11 is 0. The predicted octanol–water partition coefficient (Wildman–Crippen LogP) is 5.61. The van der Waals surface area contributed by atoms with Gasteiger partial charge >= 0.3 is 12.4 Å². The number of carbonyl (C=O) groups excluding carboxylic acids is 1. The molecule has 0 saturated heterocycles. The molecular formula is C22H13F6N5O2. The van der Waals surface area contributed by atoms with Gasteiger partial charge in [0.25, 0.3) is 5.91 Å². The Morgan fingerprint density at radius 2 is 1.57 bits per heavy atom. The SMILES string of the molecule is O=C(Nc1cc(C(F)(F)F)cc(C(F)(F)F)c1)/C(=C\c1ccco1)n1nnnc1-c1ccccc1. The zero-order chi connectivity index (χ0) is 25.2. The monoisotopic (exact) mass is 493 g/mol. The molecule has 1 amide bonds. The van der Waals surface area contributed by atoms with Gasteiger partial charge in [0.1, 0.15) is 11.5 Å². The van der Waals surface area contributed by atoms with Gasteiger partial charge in [0.15, 0.2) is 5.82 Å². The van der Waals surface area contributed by atoms with Crippen molar-refractivity contribution in [3.05, 3.63) is 83.8 Å². The van der Waals surface area contributed by atoms with Crippen LogP contribution in [0.5, 0.6) is 0 Å². The fraction of sp³-hybridized carbons (Fsp3) is 0.0909. The molecule has 35 heavy (non-hydrogen) atoms. The van der Waals surface area contributed by atoms with E-state index in [0.29, 0.717) is 17.7 Å². The van der Waals surface area contributed by atoms with Crippen LogP contribution in [0, 0.1) is 0 Å². The van der Waals surface area contributed by atoms with E-state index < -0.39 is 35.1 Å². The molecular weight excluding hydrogens is 480 g/mol. The molecule has 0 radical (unpaired) electrons. The van der Waals surface area contributed by atoms with Gasteiger partial charge in [-0.25, -0.2) is 0 Å². The van der Waals surface area contributed by atoms with Crippen LogP contribution in [0.15, 0.2) is 71.3 Å². The Morgan fingerprint density at radius 1 is 0.914 bits per heavy atom. The second kappa shape index (κ2) is 9.08. The van der Waals surface area contributed by atoms with Gasteiger partial charge in [-0.05, 0) is 40.8 Å². The maximum atomic E-state index is 13.2. The van der Waals surface area contributed by atoms with Crippen LogP contribution >= 0.6 is 0 Å². The highest BCUT2D eigenvalue weighted by Gasteiger charge is 2.37. The van der Waals surface area contributed by atoms with E-state index in [1.165, 1.54) is 24.5 Å². The van der Waals surface area contributed by atoms with Crippen molar-refractivity contribution in [3.8, 4) is 11.4 Å². The molecule has 0 fully saturated rings. The number of nitrogens with one attached hydrogen (secondary N) is 1. The van der Waals surface area contributed by atoms with Gasteiger partial charge < -0.3 is 9.73 Å². The summed E-state index contributed by atoms with van der Waals surface area (Å²) in [7, 11) is 0. The molecule has 0 spiro atoms. The van der Waals surface area contributed by atoms with Gasteiger partial charge in [-0.15, -0.1) is 5.10 Å². The Morgan fingerprint density at radius 3 is 2.14 bits per heavy atom. The quantitative estimate of drug-likeness (QED) is 0.289. The minimum atomic E-state index is -5.08. The van der Waals surface area contributed by atoms with Crippen molar-refractivity contribution in [2.45, 2.75) is 12.4 Å². The first-order chi connectivity index (χ1) is 16.5. The number of nitrogens with zero attached hydrogens (tertiary/aromatic N) is 4. The van der Waals surface area contributed by atoms with Gasteiger partial charge in [0.05, 0.1) is 17.4 Å². The summed E-state index contributed by atoms with van der Waals surface area (Å²) in [6, 6.07) is 12.1. The Hall–Kier alpha value is -4.42. The lowest BCUT2D eigenvalue weighted by molar-refractivity contribution is -0.143. The lowest BCUT2D eigenvalue weighted by Gasteiger charge is -2.15. The fourth-order valence-corrected chi connectivity index (χ4v) is 3.07. The maximum absolute atomic E-state index is 13.2. The number of amides is 1. The highest BCUT2D eigenvalue weighted by molar-refractivity contribution is 6.24.